The van der Waals surface area contributed by atoms with Gasteiger partial charge in [0.1, 0.15) is 29.8 Å². The van der Waals surface area contributed by atoms with Gasteiger partial charge in [-0.05, 0) is 59.7 Å². The molecule has 0 aromatic heterocycles. The van der Waals surface area contributed by atoms with Crippen LogP contribution in [0.4, 0.5) is 11.4 Å². The lowest BCUT2D eigenvalue weighted by Gasteiger charge is -2.33. The Kier molecular flexibility index (Phi) is 9.34. The summed E-state index contributed by atoms with van der Waals surface area (Å²) in [5, 5.41) is 3.33. The zero-order valence-corrected chi connectivity index (χ0v) is 25.5. The van der Waals surface area contributed by atoms with Crippen molar-refractivity contribution >= 4 is 46.5 Å². The van der Waals surface area contributed by atoms with Crippen LogP contribution in [0.2, 0.25) is 5.02 Å². The zero-order chi connectivity index (χ0) is 32.1. The van der Waals surface area contributed by atoms with Crippen molar-refractivity contribution < 1.29 is 33.4 Å². The fourth-order valence-electron chi connectivity index (χ4n) is 5.10. The van der Waals surface area contributed by atoms with Gasteiger partial charge >= 0.3 is 0 Å². The van der Waals surface area contributed by atoms with Gasteiger partial charge in [0, 0.05) is 17.6 Å². The van der Waals surface area contributed by atoms with Gasteiger partial charge in [-0.15, -0.1) is 0 Å². The van der Waals surface area contributed by atoms with Gasteiger partial charge in [0.05, 0.1) is 38.3 Å². The van der Waals surface area contributed by atoms with Crippen LogP contribution in [-0.2, 0) is 20.9 Å². The number of halogens is 1. The Labute approximate surface area is 265 Å². The van der Waals surface area contributed by atoms with Gasteiger partial charge in [0.2, 0.25) is 5.91 Å². The fraction of sp³-hybridized carbons (Fsp3) is 0.176. The molecule has 230 valence electrons. The van der Waals surface area contributed by atoms with Crippen molar-refractivity contribution in [3.05, 3.63) is 113 Å². The number of rotatable bonds is 11. The molecule has 0 aliphatic carbocycles. The largest absolute Gasteiger partial charge is 0.497 e. The number of benzene rings is 4. The van der Waals surface area contributed by atoms with E-state index in [1.165, 1.54) is 19.1 Å². The molecular weight excluding hydrogens is 598 g/mol. The maximum atomic E-state index is 14.3. The van der Waals surface area contributed by atoms with Crippen LogP contribution in [0.15, 0.2) is 91.0 Å². The molecule has 45 heavy (non-hydrogen) atoms. The zero-order valence-electron chi connectivity index (χ0n) is 24.8. The van der Waals surface area contributed by atoms with Gasteiger partial charge < -0.3 is 24.4 Å². The Bertz CT molecular complexity index is 1740. The minimum absolute atomic E-state index is 0.0130. The van der Waals surface area contributed by atoms with Gasteiger partial charge in [0.25, 0.3) is 17.6 Å². The first-order chi connectivity index (χ1) is 21.7. The van der Waals surface area contributed by atoms with Crippen LogP contribution in [0.1, 0.15) is 27.5 Å². The molecule has 0 spiro atoms. The Morgan fingerprint density at radius 3 is 2.18 bits per heavy atom. The molecule has 1 heterocycles. The molecule has 5 rings (SSSR count). The third-order valence-electron chi connectivity index (χ3n) is 7.42. The number of ether oxygens (including phenoxy) is 3. The Balaban J connectivity index is 1.56. The summed E-state index contributed by atoms with van der Waals surface area (Å²) in [5.41, 5.74) is 2.07. The van der Waals surface area contributed by atoms with Crippen molar-refractivity contribution in [3.8, 4) is 17.2 Å². The Morgan fingerprint density at radius 2 is 1.51 bits per heavy atom. The highest BCUT2D eigenvalue weighted by Crippen LogP contribution is 2.33. The van der Waals surface area contributed by atoms with E-state index in [0.717, 1.165) is 4.90 Å². The van der Waals surface area contributed by atoms with E-state index in [4.69, 9.17) is 25.8 Å². The van der Waals surface area contributed by atoms with Crippen LogP contribution < -0.4 is 24.4 Å². The highest BCUT2D eigenvalue weighted by atomic mass is 35.5. The summed E-state index contributed by atoms with van der Waals surface area (Å²) in [6, 6.07) is 23.9. The molecule has 11 heteroatoms. The van der Waals surface area contributed by atoms with Crippen LogP contribution in [0.5, 0.6) is 17.2 Å². The highest BCUT2D eigenvalue weighted by Gasteiger charge is 2.39. The third kappa shape index (κ3) is 6.61. The minimum Gasteiger partial charge on any atom is -0.497 e. The maximum Gasteiger partial charge on any atom is 0.299 e. The molecule has 1 unspecified atom stereocenters. The number of Topliss-reactive ketones (excluding diaryl/α,β-unsaturated/α-hetero) is 1. The smallest absolute Gasteiger partial charge is 0.299 e. The van der Waals surface area contributed by atoms with Gasteiger partial charge in [-0.25, -0.2) is 0 Å². The summed E-state index contributed by atoms with van der Waals surface area (Å²) >= 11 is 6.19. The van der Waals surface area contributed by atoms with Gasteiger partial charge in [0.15, 0.2) is 0 Å². The Morgan fingerprint density at radius 1 is 0.844 bits per heavy atom. The van der Waals surface area contributed by atoms with Crippen molar-refractivity contribution in [1.82, 2.24) is 4.90 Å². The van der Waals surface area contributed by atoms with E-state index in [0.29, 0.717) is 44.8 Å². The number of nitrogens with zero attached hydrogens (tertiary/aromatic N) is 2. The van der Waals surface area contributed by atoms with Gasteiger partial charge in [-0.3, -0.25) is 24.1 Å². The van der Waals surface area contributed by atoms with E-state index < -0.39 is 36.1 Å². The van der Waals surface area contributed by atoms with Gasteiger partial charge in [-0.1, -0.05) is 48.0 Å². The van der Waals surface area contributed by atoms with Gasteiger partial charge in [-0.2, -0.15) is 0 Å². The summed E-state index contributed by atoms with van der Waals surface area (Å²) in [5.74, 6) is -1.13. The third-order valence-corrected chi connectivity index (χ3v) is 7.67. The van der Waals surface area contributed by atoms with Crippen molar-refractivity contribution in [1.29, 1.82) is 0 Å². The molecule has 4 aromatic carbocycles. The molecule has 1 aliphatic rings. The van der Waals surface area contributed by atoms with E-state index in [2.05, 4.69) is 5.32 Å². The summed E-state index contributed by atoms with van der Waals surface area (Å²) in [4.78, 5) is 56.7. The van der Waals surface area contributed by atoms with E-state index in [9.17, 15) is 19.2 Å². The predicted molar refractivity (Wildman–Crippen MR) is 169 cm³/mol. The number of methoxy groups -OCH3 is 3. The normalized spacial score (nSPS) is 12.8. The number of hydrogen-bond donors (Lipinski definition) is 1. The van der Waals surface area contributed by atoms with Crippen molar-refractivity contribution in [2.75, 3.05) is 38.1 Å². The fourth-order valence-corrected chi connectivity index (χ4v) is 5.23. The lowest BCUT2D eigenvalue weighted by molar-refractivity contribution is -0.139. The number of fused-ring (bicyclic) bond motifs is 1. The van der Waals surface area contributed by atoms with Crippen molar-refractivity contribution in [2.45, 2.75) is 12.6 Å². The molecule has 0 saturated heterocycles. The average Bonchev–Trinajstić information content (AvgIpc) is 3.30. The number of anilines is 2. The lowest BCUT2D eigenvalue weighted by Crippen LogP contribution is -2.46. The molecule has 10 nitrogen and oxygen atoms in total. The van der Waals surface area contributed by atoms with Crippen molar-refractivity contribution in [3.63, 3.8) is 0 Å². The van der Waals surface area contributed by atoms with E-state index in [1.807, 2.05) is 0 Å². The standard InChI is InChI=1S/C34H30ClN3O7/c1-43-24-14-8-21(9-15-24)19-38(30(39)20-37-28-7-5-4-6-26(28)32(40)34(37)42)31(22-10-12-23(35)13-11-22)33(41)36-27-17-16-25(44-2)18-29(27)45-3/h4-18,31H,19-20H2,1-3H3,(H,36,41). The number of para-hydroxylation sites is 1. The molecule has 1 atom stereocenters. The molecule has 0 radical (unpaired) electrons. The van der Waals surface area contributed by atoms with Crippen LogP contribution in [0, 0.1) is 0 Å². The van der Waals surface area contributed by atoms with Crippen LogP contribution in [0.3, 0.4) is 0 Å². The second-order valence-corrected chi connectivity index (χ2v) is 10.6. The molecule has 1 N–H and O–H groups in total. The Hall–Kier alpha value is -5.35. The molecule has 3 amide bonds. The van der Waals surface area contributed by atoms with Crippen LogP contribution in [-0.4, -0.2) is 56.3 Å². The topological polar surface area (TPSA) is 114 Å². The molecular formula is C34H30ClN3O7. The second kappa shape index (κ2) is 13.5. The predicted octanol–water partition coefficient (Wildman–Crippen LogP) is 5.30. The first-order valence-electron chi connectivity index (χ1n) is 13.9. The van der Waals surface area contributed by atoms with E-state index in [-0.39, 0.29) is 12.1 Å². The van der Waals surface area contributed by atoms with E-state index in [1.54, 1.807) is 98.1 Å². The van der Waals surface area contributed by atoms with Crippen LogP contribution in [0.25, 0.3) is 0 Å². The molecule has 0 fully saturated rings. The minimum atomic E-state index is -1.19. The highest BCUT2D eigenvalue weighted by molar-refractivity contribution is 6.52. The molecule has 0 bridgehead atoms. The summed E-state index contributed by atoms with van der Waals surface area (Å²) in [6.45, 7) is -0.484. The van der Waals surface area contributed by atoms with Crippen molar-refractivity contribution in [2.24, 2.45) is 0 Å². The maximum absolute atomic E-state index is 14.3. The summed E-state index contributed by atoms with van der Waals surface area (Å²) < 4.78 is 16.0. The number of carbonyl (C=O) groups is 4. The number of ketones is 1. The number of nitrogens with one attached hydrogen (secondary N) is 1. The summed E-state index contributed by atoms with van der Waals surface area (Å²) in [7, 11) is 4.53. The lowest BCUT2D eigenvalue weighted by atomic mass is 10.0. The number of amides is 3. The second-order valence-electron chi connectivity index (χ2n) is 10.1. The SMILES string of the molecule is COc1ccc(CN(C(=O)CN2C(=O)C(=O)c3ccccc32)C(C(=O)Nc2ccc(OC)cc2OC)c2ccc(Cl)cc2)cc1. The molecule has 0 saturated carbocycles. The average molecular weight is 628 g/mol. The molecule has 1 aliphatic heterocycles. The first-order valence-corrected chi connectivity index (χ1v) is 14.3. The van der Waals surface area contributed by atoms with Crippen LogP contribution >= 0.6 is 11.6 Å². The number of carbonyl (C=O) groups excluding carboxylic acids is 4. The quantitative estimate of drug-likeness (QED) is 0.224. The van der Waals surface area contributed by atoms with E-state index >= 15 is 0 Å². The number of hydrogen-bond acceptors (Lipinski definition) is 7. The monoisotopic (exact) mass is 627 g/mol. The molecule has 4 aromatic rings. The first kappa shape index (κ1) is 31.1. The summed E-state index contributed by atoms with van der Waals surface area (Å²) in [6.07, 6.45) is 0.